The molecule has 0 aliphatic rings. The third-order valence-electron chi connectivity index (χ3n) is 7.52. The van der Waals surface area contributed by atoms with Crippen LogP contribution in [0, 0.1) is 0 Å². The van der Waals surface area contributed by atoms with Gasteiger partial charge in [0.2, 0.25) is 0 Å². The molecule has 1 heterocycles. The number of esters is 1. The van der Waals surface area contributed by atoms with Gasteiger partial charge >= 0.3 is 11.9 Å². The first-order valence-electron chi connectivity index (χ1n) is 15.5. The van der Waals surface area contributed by atoms with Crippen LogP contribution in [0.3, 0.4) is 0 Å². The van der Waals surface area contributed by atoms with Gasteiger partial charge in [-0.1, -0.05) is 39.5 Å². The number of allylic oxidation sites excluding steroid dienone is 3. The maximum atomic E-state index is 13.4. The van der Waals surface area contributed by atoms with E-state index in [9.17, 15) is 14.7 Å². The molecule has 2 atom stereocenters. The molecule has 0 radical (unpaired) electrons. The number of methoxy groups -OCH3 is 1. The number of aromatic nitrogens is 1. The molecule has 46 heavy (non-hydrogen) atoms. The van der Waals surface area contributed by atoms with Gasteiger partial charge in [0.05, 0.1) is 23.6 Å². The smallest absolute Gasteiger partial charge is 0.343 e. The molecule has 11 nitrogen and oxygen atoms in total. The number of aromatic hydroxyl groups is 1. The van der Waals surface area contributed by atoms with Gasteiger partial charge in [-0.2, -0.15) is 0 Å². The number of hydrogen-bond donors (Lipinski definition) is 3. The Morgan fingerprint density at radius 2 is 1.87 bits per heavy atom. The summed E-state index contributed by atoms with van der Waals surface area (Å²) in [5.41, 5.74) is 1.84. The summed E-state index contributed by atoms with van der Waals surface area (Å²) in [6.45, 7) is 16.4. The SMILES string of the molecule is C=C(C=Cc1nc2ccc(O)c(CN(CC)CC)c2cc1CNC)C(CC)(OC(COC(C)=CC=CC(=O)O)OC)C(=O)OCC. The molecule has 0 aliphatic carbocycles. The summed E-state index contributed by atoms with van der Waals surface area (Å²) in [7, 11) is 3.27. The van der Waals surface area contributed by atoms with E-state index in [1.807, 2.05) is 13.1 Å². The fourth-order valence-electron chi connectivity index (χ4n) is 4.82. The molecule has 2 rings (SSSR count). The van der Waals surface area contributed by atoms with E-state index in [2.05, 4.69) is 30.6 Å². The van der Waals surface area contributed by atoms with Crippen LogP contribution in [-0.2, 0) is 41.6 Å². The molecule has 252 valence electrons. The van der Waals surface area contributed by atoms with Crippen molar-refractivity contribution in [3.63, 3.8) is 0 Å². The zero-order chi connectivity index (χ0) is 34.3. The van der Waals surface area contributed by atoms with Gasteiger partial charge < -0.3 is 34.5 Å². The fraction of sp³-hybridized carbons (Fsp3) is 0.457. The molecular weight excluding hydrogens is 590 g/mol. The first-order chi connectivity index (χ1) is 22.0. The number of pyridine rings is 1. The average molecular weight is 640 g/mol. The van der Waals surface area contributed by atoms with E-state index in [4.69, 9.17) is 29.0 Å². The maximum absolute atomic E-state index is 13.4. The Morgan fingerprint density at radius 1 is 1.15 bits per heavy atom. The monoisotopic (exact) mass is 639 g/mol. The molecule has 0 amide bonds. The average Bonchev–Trinajstić information content (AvgIpc) is 3.03. The molecular formula is C35H49N3O8. The lowest BCUT2D eigenvalue weighted by atomic mass is 9.90. The number of benzene rings is 1. The van der Waals surface area contributed by atoms with Crippen molar-refractivity contribution in [3.05, 3.63) is 77.2 Å². The predicted octanol–water partition coefficient (Wildman–Crippen LogP) is 5.33. The zero-order valence-electron chi connectivity index (χ0n) is 28.1. The van der Waals surface area contributed by atoms with Crippen LogP contribution in [0.5, 0.6) is 5.75 Å². The third kappa shape index (κ3) is 10.2. The van der Waals surface area contributed by atoms with Crippen LogP contribution in [-0.4, -0.2) is 84.4 Å². The minimum Gasteiger partial charge on any atom is -0.508 e. The number of carboxylic acids is 1. The number of phenols is 1. The lowest BCUT2D eigenvalue weighted by Crippen LogP contribution is -2.47. The Morgan fingerprint density at radius 3 is 2.46 bits per heavy atom. The van der Waals surface area contributed by atoms with E-state index in [1.54, 1.807) is 45.1 Å². The summed E-state index contributed by atoms with van der Waals surface area (Å²) in [5, 5.41) is 23.6. The second kappa shape index (κ2) is 18.8. The molecule has 0 fully saturated rings. The van der Waals surface area contributed by atoms with Crippen LogP contribution in [0.15, 0.2) is 60.4 Å². The summed E-state index contributed by atoms with van der Waals surface area (Å²) in [5.74, 6) is -1.05. The summed E-state index contributed by atoms with van der Waals surface area (Å²) in [6, 6.07) is 5.50. The van der Waals surface area contributed by atoms with E-state index in [-0.39, 0.29) is 25.4 Å². The number of carbonyl (C=O) groups excluding carboxylic acids is 1. The standard InChI is InChI=1S/C35H49N3O8/c1-9-35(34(42)44-12-4,46-33(43-8)23-45-25(6)14-13-15-32(40)41)24(5)16-17-29-26(21-36-7)20-27-28(22-38(10-2)11-3)31(39)19-18-30(27)37-29/h13-20,33,36,39H,5,9-12,21-23H2,1-4,6-8H3,(H,40,41). The van der Waals surface area contributed by atoms with Crippen molar-refractivity contribution in [1.29, 1.82) is 0 Å². The quantitative estimate of drug-likeness (QED) is 0.0569. The van der Waals surface area contributed by atoms with Crippen LogP contribution in [0.25, 0.3) is 17.0 Å². The zero-order valence-corrected chi connectivity index (χ0v) is 28.1. The third-order valence-corrected chi connectivity index (χ3v) is 7.52. The van der Waals surface area contributed by atoms with Gasteiger partial charge in [-0.25, -0.2) is 14.6 Å². The highest BCUT2D eigenvalue weighted by molar-refractivity contribution is 5.87. The number of phenolic OH excluding ortho intramolecular Hbond substituents is 1. The molecule has 0 saturated heterocycles. The minimum absolute atomic E-state index is 0.0842. The number of nitrogens with one attached hydrogen (secondary N) is 1. The molecule has 0 aliphatic heterocycles. The largest absolute Gasteiger partial charge is 0.508 e. The van der Waals surface area contributed by atoms with Crippen LogP contribution < -0.4 is 5.32 Å². The van der Waals surface area contributed by atoms with E-state index >= 15 is 0 Å². The lowest BCUT2D eigenvalue weighted by Gasteiger charge is -2.34. The van der Waals surface area contributed by atoms with Gasteiger partial charge in [-0.15, -0.1) is 0 Å². The molecule has 1 aromatic carbocycles. The Kier molecular flexibility index (Phi) is 15.6. The van der Waals surface area contributed by atoms with Crippen molar-refractivity contribution in [2.45, 2.75) is 66.0 Å². The van der Waals surface area contributed by atoms with E-state index < -0.39 is 23.8 Å². The minimum atomic E-state index is -1.60. The van der Waals surface area contributed by atoms with E-state index in [1.165, 1.54) is 19.3 Å². The summed E-state index contributed by atoms with van der Waals surface area (Å²) in [4.78, 5) is 31.3. The number of rotatable bonds is 20. The highest BCUT2D eigenvalue weighted by Gasteiger charge is 2.44. The molecule has 3 N–H and O–H groups in total. The summed E-state index contributed by atoms with van der Waals surface area (Å²) in [6.07, 6.45) is 6.51. The summed E-state index contributed by atoms with van der Waals surface area (Å²) < 4.78 is 22.9. The molecule has 2 aromatic rings. The van der Waals surface area contributed by atoms with Crippen molar-refractivity contribution < 1.29 is 38.7 Å². The van der Waals surface area contributed by atoms with Gasteiger partial charge in [0, 0.05) is 37.2 Å². The number of carboxylic acid groups (broad SMARTS) is 1. The van der Waals surface area contributed by atoms with Gasteiger partial charge in [0.15, 0.2) is 11.9 Å². The van der Waals surface area contributed by atoms with Crippen molar-refractivity contribution in [1.82, 2.24) is 15.2 Å². The highest BCUT2D eigenvalue weighted by Crippen LogP contribution is 2.32. The number of fused-ring (bicyclic) bond motifs is 1. The molecule has 11 heteroatoms. The first-order valence-corrected chi connectivity index (χ1v) is 15.5. The van der Waals surface area contributed by atoms with E-state index in [0.29, 0.717) is 30.1 Å². The molecule has 0 saturated carbocycles. The maximum Gasteiger partial charge on any atom is 0.343 e. The molecule has 0 spiro atoms. The van der Waals surface area contributed by atoms with Gasteiger partial charge in [-0.3, -0.25) is 4.90 Å². The number of hydrogen-bond acceptors (Lipinski definition) is 10. The fourth-order valence-corrected chi connectivity index (χ4v) is 4.82. The summed E-state index contributed by atoms with van der Waals surface area (Å²) >= 11 is 0. The van der Waals surface area contributed by atoms with Crippen LogP contribution >= 0.6 is 0 Å². The van der Waals surface area contributed by atoms with Crippen molar-refractivity contribution >= 4 is 28.9 Å². The predicted molar refractivity (Wildman–Crippen MR) is 179 cm³/mol. The van der Waals surface area contributed by atoms with Gasteiger partial charge in [-0.05, 0) is 81.9 Å². The highest BCUT2D eigenvalue weighted by atomic mass is 16.7. The van der Waals surface area contributed by atoms with Crippen LogP contribution in [0.1, 0.15) is 57.9 Å². The number of carbonyl (C=O) groups is 2. The van der Waals surface area contributed by atoms with Gasteiger partial charge in [0.25, 0.3) is 0 Å². The number of ether oxygens (including phenoxy) is 4. The van der Waals surface area contributed by atoms with Crippen molar-refractivity contribution in [3.8, 4) is 5.75 Å². The van der Waals surface area contributed by atoms with Crippen LogP contribution in [0.4, 0.5) is 0 Å². The Labute approximate surface area is 272 Å². The number of nitrogens with zero attached hydrogens (tertiary/aromatic N) is 2. The number of aliphatic carboxylic acids is 1. The molecule has 0 bridgehead atoms. The topological polar surface area (TPSA) is 140 Å². The molecule has 2 unspecified atom stereocenters. The Balaban J connectivity index is 2.49. The lowest BCUT2D eigenvalue weighted by molar-refractivity contribution is -0.218. The van der Waals surface area contributed by atoms with Crippen molar-refractivity contribution in [2.24, 2.45) is 0 Å². The van der Waals surface area contributed by atoms with E-state index in [0.717, 1.165) is 41.2 Å². The molecule has 1 aromatic heterocycles. The second-order valence-corrected chi connectivity index (χ2v) is 10.5. The normalized spacial score (nSPS) is 14.2. The van der Waals surface area contributed by atoms with Crippen LogP contribution in [0.2, 0.25) is 0 Å². The first kappa shape index (κ1) is 38.2. The Bertz CT molecular complexity index is 1430. The second-order valence-electron chi connectivity index (χ2n) is 10.5. The van der Waals surface area contributed by atoms with Gasteiger partial charge in [0.1, 0.15) is 12.4 Å². The van der Waals surface area contributed by atoms with Crippen molar-refractivity contribution in [2.75, 3.05) is 40.5 Å². The Hall–Kier alpha value is -4.03.